The molecule has 2 fully saturated rings. The fourth-order valence-electron chi connectivity index (χ4n) is 3.39. The Morgan fingerprint density at radius 2 is 2.17 bits per heavy atom. The van der Waals surface area contributed by atoms with Crippen molar-refractivity contribution in [1.29, 1.82) is 0 Å². The molecular formula is C13H19N3O2. The van der Waals surface area contributed by atoms with E-state index in [9.17, 15) is 9.59 Å². The average Bonchev–Trinajstić information content (AvgIpc) is 2.60. The standard InChI is InChI=1S/C13H19N3O2/c1-12(2)6-4-9(17)16-10(12)11(18)15-13(16)5-3-7-14-8-13/h4,6,10,14H,3,5,7-8H2,1-2H3,(H,15,18). The summed E-state index contributed by atoms with van der Waals surface area (Å²) in [6.45, 7) is 5.60. The quantitative estimate of drug-likeness (QED) is 0.635. The lowest BCUT2D eigenvalue weighted by molar-refractivity contribution is -0.139. The van der Waals surface area contributed by atoms with Crippen LogP contribution in [0.15, 0.2) is 12.2 Å². The second-order valence-corrected chi connectivity index (χ2v) is 6.07. The molecule has 3 aliphatic heterocycles. The SMILES string of the molecule is CC1(C)C=CC(=O)N2C1C(=O)NC21CCCNC1. The first kappa shape index (κ1) is 11.7. The molecule has 3 rings (SSSR count). The van der Waals surface area contributed by atoms with Crippen molar-refractivity contribution in [1.82, 2.24) is 15.5 Å². The molecule has 5 nitrogen and oxygen atoms in total. The van der Waals surface area contributed by atoms with Crippen LogP contribution in [0.5, 0.6) is 0 Å². The lowest BCUT2D eigenvalue weighted by Crippen LogP contribution is -2.64. The van der Waals surface area contributed by atoms with Gasteiger partial charge in [0.2, 0.25) is 11.8 Å². The van der Waals surface area contributed by atoms with E-state index in [1.807, 2.05) is 19.9 Å². The zero-order valence-electron chi connectivity index (χ0n) is 10.8. The maximum Gasteiger partial charge on any atom is 0.248 e. The van der Waals surface area contributed by atoms with Crippen molar-refractivity contribution in [3.63, 3.8) is 0 Å². The van der Waals surface area contributed by atoms with E-state index in [1.165, 1.54) is 0 Å². The van der Waals surface area contributed by atoms with Crippen LogP contribution < -0.4 is 10.6 Å². The molecule has 0 saturated carbocycles. The van der Waals surface area contributed by atoms with Crippen LogP contribution in [0.1, 0.15) is 26.7 Å². The molecule has 5 heteroatoms. The number of carbonyl (C=O) groups is 2. The number of nitrogens with zero attached hydrogens (tertiary/aromatic N) is 1. The zero-order valence-corrected chi connectivity index (χ0v) is 10.8. The maximum atomic E-state index is 12.3. The minimum atomic E-state index is -0.515. The summed E-state index contributed by atoms with van der Waals surface area (Å²) in [5.74, 6) is -0.0808. The third-order valence-corrected chi connectivity index (χ3v) is 4.28. The van der Waals surface area contributed by atoms with Crippen LogP contribution in [0.25, 0.3) is 0 Å². The first-order valence-electron chi connectivity index (χ1n) is 6.52. The van der Waals surface area contributed by atoms with Crippen molar-refractivity contribution in [3.05, 3.63) is 12.2 Å². The van der Waals surface area contributed by atoms with Gasteiger partial charge in [-0.25, -0.2) is 0 Å². The summed E-state index contributed by atoms with van der Waals surface area (Å²) in [5, 5.41) is 6.35. The Bertz CT molecular complexity index is 436. The van der Waals surface area contributed by atoms with Gasteiger partial charge in [0.1, 0.15) is 11.7 Å². The Hall–Kier alpha value is -1.36. The summed E-state index contributed by atoms with van der Waals surface area (Å²) in [7, 11) is 0. The highest BCUT2D eigenvalue weighted by atomic mass is 16.2. The highest BCUT2D eigenvalue weighted by Gasteiger charge is 2.58. The van der Waals surface area contributed by atoms with Crippen molar-refractivity contribution in [2.24, 2.45) is 5.41 Å². The average molecular weight is 249 g/mol. The summed E-state index contributed by atoms with van der Waals surface area (Å²) >= 11 is 0. The Morgan fingerprint density at radius 3 is 2.83 bits per heavy atom. The van der Waals surface area contributed by atoms with Gasteiger partial charge >= 0.3 is 0 Å². The van der Waals surface area contributed by atoms with E-state index < -0.39 is 5.66 Å². The van der Waals surface area contributed by atoms with Crippen LogP contribution in [0.2, 0.25) is 0 Å². The molecule has 0 radical (unpaired) electrons. The zero-order chi connectivity index (χ0) is 13.0. The number of hydrogen-bond acceptors (Lipinski definition) is 3. The lowest BCUT2D eigenvalue weighted by atomic mass is 9.80. The van der Waals surface area contributed by atoms with E-state index >= 15 is 0 Å². The molecule has 0 bridgehead atoms. The Kier molecular flexibility index (Phi) is 2.32. The van der Waals surface area contributed by atoms with E-state index in [0.29, 0.717) is 6.54 Å². The molecule has 3 heterocycles. The van der Waals surface area contributed by atoms with Gasteiger partial charge in [-0.15, -0.1) is 0 Å². The summed E-state index contributed by atoms with van der Waals surface area (Å²) in [4.78, 5) is 26.2. The van der Waals surface area contributed by atoms with Crippen LogP contribution in [0, 0.1) is 5.41 Å². The van der Waals surface area contributed by atoms with Gasteiger partial charge in [-0.3, -0.25) is 9.59 Å². The van der Waals surface area contributed by atoms with E-state index in [-0.39, 0.29) is 23.3 Å². The fraction of sp³-hybridized carbons (Fsp3) is 0.692. The van der Waals surface area contributed by atoms with Gasteiger partial charge in [0.25, 0.3) is 0 Å². The predicted octanol–water partition coefficient (Wildman–Crippen LogP) is -0.0109. The lowest BCUT2D eigenvalue weighted by Gasteiger charge is -2.46. The molecule has 0 aromatic heterocycles. The molecule has 0 aliphatic carbocycles. The molecule has 0 aromatic rings. The molecule has 18 heavy (non-hydrogen) atoms. The third kappa shape index (κ3) is 1.43. The number of carbonyl (C=O) groups excluding carboxylic acids is 2. The van der Waals surface area contributed by atoms with E-state index in [1.54, 1.807) is 11.0 Å². The van der Waals surface area contributed by atoms with Crippen LogP contribution in [0.3, 0.4) is 0 Å². The number of rotatable bonds is 0. The highest BCUT2D eigenvalue weighted by Crippen LogP contribution is 2.40. The molecule has 3 aliphatic rings. The summed E-state index contributed by atoms with van der Waals surface area (Å²) in [6.07, 6.45) is 5.26. The smallest absolute Gasteiger partial charge is 0.248 e. The van der Waals surface area contributed by atoms with Gasteiger partial charge in [0.05, 0.1) is 0 Å². The van der Waals surface area contributed by atoms with Crippen molar-refractivity contribution in [2.45, 2.75) is 38.4 Å². The van der Waals surface area contributed by atoms with Gasteiger partial charge in [-0.05, 0) is 25.5 Å². The molecule has 1 spiro atoms. The van der Waals surface area contributed by atoms with Gasteiger partial charge < -0.3 is 15.5 Å². The van der Waals surface area contributed by atoms with Crippen molar-refractivity contribution >= 4 is 11.8 Å². The maximum absolute atomic E-state index is 12.3. The first-order chi connectivity index (χ1) is 8.46. The third-order valence-electron chi connectivity index (χ3n) is 4.28. The van der Waals surface area contributed by atoms with Crippen molar-refractivity contribution in [3.8, 4) is 0 Å². The first-order valence-corrected chi connectivity index (χ1v) is 6.52. The predicted molar refractivity (Wildman–Crippen MR) is 66.5 cm³/mol. The number of nitrogens with one attached hydrogen (secondary N) is 2. The second-order valence-electron chi connectivity index (χ2n) is 6.07. The monoisotopic (exact) mass is 249 g/mol. The largest absolute Gasteiger partial charge is 0.330 e. The Morgan fingerprint density at radius 1 is 1.39 bits per heavy atom. The Balaban J connectivity index is 2.05. The normalized spacial score (nSPS) is 37.9. The fourth-order valence-corrected chi connectivity index (χ4v) is 3.39. The highest BCUT2D eigenvalue weighted by molar-refractivity contribution is 5.99. The van der Waals surface area contributed by atoms with Crippen molar-refractivity contribution in [2.75, 3.05) is 13.1 Å². The van der Waals surface area contributed by atoms with Crippen LogP contribution in [0.4, 0.5) is 0 Å². The van der Waals surface area contributed by atoms with Gasteiger partial charge in [-0.2, -0.15) is 0 Å². The van der Waals surface area contributed by atoms with Gasteiger partial charge in [-0.1, -0.05) is 19.9 Å². The second kappa shape index (κ2) is 3.57. The minimum absolute atomic E-state index is 0.0265. The summed E-state index contributed by atoms with van der Waals surface area (Å²) in [6, 6.07) is -0.380. The van der Waals surface area contributed by atoms with E-state index in [2.05, 4.69) is 10.6 Å². The summed E-state index contributed by atoms with van der Waals surface area (Å²) in [5.41, 5.74) is -0.821. The van der Waals surface area contributed by atoms with E-state index in [0.717, 1.165) is 19.4 Å². The molecule has 0 aromatic carbocycles. The topological polar surface area (TPSA) is 61.4 Å². The van der Waals surface area contributed by atoms with E-state index in [4.69, 9.17) is 0 Å². The van der Waals surface area contributed by atoms with Gasteiger partial charge in [0, 0.05) is 12.0 Å². The molecule has 98 valence electrons. The number of hydrogen-bond donors (Lipinski definition) is 2. The van der Waals surface area contributed by atoms with Crippen LogP contribution >= 0.6 is 0 Å². The molecule has 2 N–H and O–H groups in total. The molecular weight excluding hydrogens is 230 g/mol. The van der Waals surface area contributed by atoms with Gasteiger partial charge in [0.15, 0.2) is 0 Å². The molecule has 2 unspecified atom stereocenters. The van der Waals surface area contributed by atoms with Crippen LogP contribution in [-0.4, -0.2) is 41.5 Å². The molecule has 2 atom stereocenters. The van der Waals surface area contributed by atoms with Crippen molar-refractivity contribution < 1.29 is 9.59 Å². The molecule has 2 saturated heterocycles. The summed E-state index contributed by atoms with van der Waals surface area (Å²) < 4.78 is 0. The number of fused-ring (bicyclic) bond motifs is 2. The number of amides is 2. The minimum Gasteiger partial charge on any atom is -0.330 e. The number of piperidine rings is 1. The van der Waals surface area contributed by atoms with Crippen LogP contribution in [-0.2, 0) is 9.59 Å². The Labute approximate surface area is 107 Å². The molecule has 2 amide bonds.